The van der Waals surface area contributed by atoms with Gasteiger partial charge < -0.3 is 4.90 Å². The van der Waals surface area contributed by atoms with Crippen molar-refractivity contribution in [3.63, 3.8) is 0 Å². The molecule has 3 aliphatic rings. The number of anilines is 6. The van der Waals surface area contributed by atoms with Gasteiger partial charge in [0.1, 0.15) is 5.82 Å². The highest BCUT2D eigenvalue weighted by Gasteiger charge is 2.52. The first-order valence-corrected chi connectivity index (χ1v) is 28.2. The fourth-order valence-corrected chi connectivity index (χ4v) is 14.5. The van der Waals surface area contributed by atoms with Crippen molar-refractivity contribution < 1.29 is 8.78 Å². The summed E-state index contributed by atoms with van der Waals surface area (Å²) in [5.74, 6) is -0.453. The Morgan fingerprint density at radius 1 is 0.301 bits per heavy atom. The number of benzene rings is 13. The summed E-state index contributed by atoms with van der Waals surface area (Å²) in [6.07, 6.45) is 1.75. The van der Waals surface area contributed by atoms with Crippen molar-refractivity contribution in [2.24, 2.45) is 0 Å². The van der Waals surface area contributed by atoms with E-state index in [0.29, 0.717) is 11.1 Å². The van der Waals surface area contributed by atoms with Gasteiger partial charge in [-0.1, -0.05) is 224 Å². The van der Waals surface area contributed by atoms with E-state index in [4.69, 9.17) is 4.98 Å². The third kappa shape index (κ3) is 6.67. The molecular weight excluding hydrogens is 1020 g/mol. The van der Waals surface area contributed by atoms with Gasteiger partial charge in [-0.2, -0.15) is 0 Å². The zero-order valence-corrected chi connectivity index (χ0v) is 44.7. The lowest BCUT2D eigenvalue weighted by atomic mass is 9.70. The number of hydrogen-bond donors (Lipinski definition) is 0. The van der Waals surface area contributed by atoms with Gasteiger partial charge in [0.05, 0.1) is 16.8 Å². The number of fused-ring (bicyclic) bond motifs is 15. The quantitative estimate of drug-likeness (QED) is 0.151. The molecule has 13 aromatic carbocycles. The fraction of sp³-hybridized carbons (Fsp3) is 0.0128. The molecule has 0 radical (unpaired) electrons. The number of rotatable bonds is 8. The molecule has 1 aromatic heterocycles. The number of aromatic nitrogens is 1. The number of nitrogens with zero attached hydrogens (tertiary/aromatic N) is 3. The largest absolute Gasteiger partial charge is 0.307 e. The monoisotopic (exact) mass is 1060 g/mol. The van der Waals surface area contributed by atoms with Crippen LogP contribution in [0, 0.1) is 11.6 Å². The predicted octanol–water partition coefficient (Wildman–Crippen LogP) is 21.1. The first kappa shape index (κ1) is 47.1. The van der Waals surface area contributed by atoms with Gasteiger partial charge >= 0.3 is 0 Å². The minimum Gasteiger partial charge on any atom is -0.307 e. The van der Waals surface area contributed by atoms with Crippen molar-refractivity contribution in [1.29, 1.82) is 0 Å². The van der Waals surface area contributed by atoms with Gasteiger partial charge in [0.2, 0.25) is 0 Å². The van der Waals surface area contributed by atoms with Crippen LogP contribution >= 0.6 is 0 Å². The Labute approximate surface area is 478 Å². The van der Waals surface area contributed by atoms with E-state index in [9.17, 15) is 0 Å². The van der Waals surface area contributed by atoms with Gasteiger partial charge in [-0.05, 0) is 160 Å². The van der Waals surface area contributed by atoms with Crippen LogP contribution in [0.5, 0.6) is 0 Å². The number of pyridine rings is 1. The lowest BCUT2D eigenvalue weighted by molar-refractivity contribution is 0.629. The number of hydrogen-bond acceptors (Lipinski definition) is 3. The fourth-order valence-electron chi connectivity index (χ4n) is 14.5. The Bertz CT molecular complexity index is 4960. The number of para-hydroxylation sites is 2. The van der Waals surface area contributed by atoms with E-state index < -0.39 is 5.41 Å². The van der Waals surface area contributed by atoms with Gasteiger partial charge in [-0.15, -0.1) is 0 Å². The predicted molar refractivity (Wildman–Crippen MR) is 338 cm³/mol. The highest BCUT2D eigenvalue weighted by molar-refractivity contribution is 6.27. The molecule has 0 N–H and O–H groups in total. The van der Waals surface area contributed by atoms with E-state index in [-0.39, 0.29) is 17.5 Å². The van der Waals surface area contributed by atoms with Crippen LogP contribution < -0.4 is 9.80 Å². The van der Waals surface area contributed by atoms with Crippen LogP contribution in [0.4, 0.5) is 43.0 Å². The molecule has 0 aliphatic heterocycles. The summed E-state index contributed by atoms with van der Waals surface area (Å²) in [5.41, 5.74) is 21.9. The van der Waals surface area contributed by atoms with Crippen LogP contribution in [0.15, 0.2) is 285 Å². The van der Waals surface area contributed by atoms with Crippen molar-refractivity contribution in [3.8, 4) is 66.8 Å². The summed E-state index contributed by atoms with van der Waals surface area (Å²) in [7, 11) is 0. The van der Waals surface area contributed by atoms with E-state index in [1.807, 2.05) is 71.6 Å². The second-order valence-electron chi connectivity index (χ2n) is 21.9. The summed E-state index contributed by atoms with van der Waals surface area (Å²) in [6, 6.07) is 96.8. The summed E-state index contributed by atoms with van der Waals surface area (Å²) in [5, 5.41) is 5.88. The summed E-state index contributed by atoms with van der Waals surface area (Å²) in [4.78, 5) is 8.76. The average molecular weight is 1060 g/mol. The van der Waals surface area contributed by atoms with Crippen molar-refractivity contribution >= 4 is 66.6 Å². The maximum Gasteiger partial charge on any atom is 0.174 e. The molecule has 1 spiro atoms. The third-order valence-corrected chi connectivity index (χ3v) is 17.8. The van der Waals surface area contributed by atoms with Crippen LogP contribution in [0.1, 0.15) is 22.3 Å². The zero-order chi connectivity index (χ0) is 54.9. The number of halogens is 2. The van der Waals surface area contributed by atoms with Crippen LogP contribution in [-0.2, 0) is 5.41 Å². The maximum atomic E-state index is 16.9. The summed E-state index contributed by atoms with van der Waals surface area (Å²) >= 11 is 0. The van der Waals surface area contributed by atoms with E-state index in [1.54, 1.807) is 18.3 Å². The van der Waals surface area contributed by atoms with Crippen molar-refractivity contribution in [2.75, 3.05) is 9.80 Å². The lowest BCUT2D eigenvalue weighted by Gasteiger charge is -2.32. The first-order chi connectivity index (χ1) is 41.1. The molecule has 0 amide bonds. The maximum absolute atomic E-state index is 16.9. The topological polar surface area (TPSA) is 19.4 Å². The summed E-state index contributed by atoms with van der Waals surface area (Å²) < 4.78 is 33.6. The molecular formula is C78H47F2N3. The molecule has 83 heavy (non-hydrogen) atoms. The highest BCUT2D eigenvalue weighted by atomic mass is 19.1. The molecule has 3 aliphatic carbocycles. The van der Waals surface area contributed by atoms with Gasteiger partial charge in [-0.25, -0.2) is 13.8 Å². The lowest BCUT2D eigenvalue weighted by Crippen LogP contribution is -2.26. The molecule has 0 unspecified atom stereocenters. The van der Waals surface area contributed by atoms with Crippen LogP contribution in [-0.4, -0.2) is 4.98 Å². The van der Waals surface area contributed by atoms with Crippen LogP contribution in [0.3, 0.4) is 0 Å². The van der Waals surface area contributed by atoms with E-state index >= 15 is 8.78 Å². The highest BCUT2D eigenvalue weighted by Crippen LogP contribution is 2.65. The van der Waals surface area contributed by atoms with Crippen LogP contribution in [0.25, 0.3) is 99.1 Å². The van der Waals surface area contributed by atoms with Crippen molar-refractivity contribution in [2.45, 2.75) is 5.41 Å². The minimum absolute atomic E-state index is 0.233. The normalized spacial score (nSPS) is 12.8. The SMILES string of the molecule is Fc1ccccc1N(c1ccc(-c2c3c(c(-c4ccc(N(c5ccccc5)c5ncc6ccccc6c5F)cc4)c4ccccc24)-c2cccc4cccc-3c24)cc1)c1cccc2c1-c1ccccc1C21c2ccccc2-c2ccccc21. The molecule has 388 valence electrons. The average Bonchev–Trinajstić information content (AvgIpc) is 1.59. The summed E-state index contributed by atoms with van der Waals surface area (Å²) in [6.45, 7) is 0. The van der Waals surface area contributed by atoms with Gasteiger partial charge in [0.15, 0.2) is 11.6 Å². The standard InChI is InChI=1S/C78H47F2N3/c79-67-36-14-15-37-68(67)83(69-38-18-35-66-73(69)60-29-10-13-34-65(60)78(66)63-32-11-8-25-56(63)57-26-9-12-33-64(57)78)54-45-41-50(42-46-54)72-59-28-7-6-27-58(59)71(74-61-30-16-20-48-21-17-31-62(70(48)61)75(72)74)49-39-43-53(44-40-49)82(52-22-2-1-3-23-52)77-76(80)55-24-5-4-19-51(55)47-81-77/h1-47H. The van der Waals surface area contributed by atoms with Gasteiger partial charge in [-0.3, -0.25) is 4.90 Å². The minimum atomic E-state index is -0.562. The molecule has 17 rings (SSSR count). The van der Waals surface area contributed by atoms with Gasteiger partial charge in [0, 0.05) is 39.6 Å². The van der Waals surface area contributed by atoms with Crippen molar-refractivity contribution in [1.82, 2.24) is 4.98 Å². The molecule has 1 heterocycles. The molecule has 0 fully saturated rings. The van der Waals surface area contributed by atoms with Crippen LogP contribution in [0.2, 0.25) is 0 Å². The Morgan fingerprint density at radius 2 is 0.747 bits per heavy atom. The first-order valence-electron chi connectivity index (χ1n) is 28.2. The zero-order valence-electron chi connectivity index (χ0n) is 44.7. The third-order valence-electron chi connectivity index (χ3n) is 17.8. The van der Waals surface area contributed by atoms with E-state index in [2.05, 4.69) is 205 Å². The molecule has 5 heteroatoms. The second-order valence-corrected chi connectivity index (χ2v) is 21.9. The Balaban J connectivity index is 0.848. The molecule has 0 atom stereocenters. The van der Waals surface area contributed by atoms with E-state index in [0.717, 1.165) is 72.3 Å². The molecule has 3 nitrogen and oxygen atoms in total. The smallest absolute Gasteiger partial charge is 0.174 e. The molecule has 0 saturated heterocycles. The van der Waals surface area contributed by atoms with Gasteiger partial charge in [0.25, 0.3) is 0 Å². The molecule has 0 bridgehead atoms. The Hall–Kier alpha value is -10.8. The van der Waals surface area contributed by atoms with Crippen molar-refractivity contribution in [3.05, 3.63) is 319 Å². The van der Waals surface area contributed by atoms with E-state index in [1.165, 1.54) is 66.4 Å². The Kier molecular flexibility index (Phi) is 10.3. The molecule has 14 aromatic rings. The Morgan fingerprint density at radius 3 is 1.37 bits per heavy atom. The molecule has 0 saturated carbocycles. The second kappa shape index (κ2) is 18.1.